The smallest absolute Gasteiger partial charge is 0.141 e. The van der Waals surface area contributed by atoms with Gasteiger partial charge >= 0.3 is 0 Å². The Bertz CT molecular complexity index is 494. The Hall–Kier alpha value is -1.71. The number of rotatable bonds is 1. The zero-order valence-corrected chi connectivity index (χ0v) is 10.1. The minimum absolute atomic E-state index is 0.0339. The third-order valence-electron chi connectivity index (χ3n) is 2.49. The van der Waals surface area contributed by atoms with Crippen molar-refractivity contribution in [3.05, 3.63) is 36.3 Å². The maximum atomic E-state index is 4.31. The van der Waals surface area contributed by atoms with E-state index in [1.54, 1.807) is 12.5 Å². The summed E-state index contributed by atoms with van der Waals surface area (Å²) in [6, 6.07) is 2.01. The molecule has 0 radical (unpaired) electrons. The van der Waals surface area contributed by atoms with E-state index >= 15 is 0 Å². The van der Waals surface area contributed by atoms with Crippen LogP contribution in [0.1, 0.15) is 32.3 Å². The Balaban J connectivity index is 2.49. The largest absolute Gasteiger partial charge is 0.288 e. The van der Waals surface area contributed by atoms with E-state index in [2.05, 4.69) is 35.7 Å². The van der Waals surface area contributed by atoms with Gasteiger partial charge in [-0.15, -0.1) is 0 Å². The van der Waals surface area contributed by atoms with E-state index in [1.165, 1.54) is 0 Å². The summed E-state index contributed by atoms with van der Waals surface area (Å²) in [7, 11) is 0. The van der Waals surface area contributed by atoms with Gasteiger partial charge in [0.05, 0.1) is 5.69 Å². The van der Waals surface area contributed by atoms with E-state index in [0.29, 0.717) is 0 Å². The van der Waals surface area contributed by atoms with Crippen LogP contribution in [0, 0.1) is 6.92 Å². The predicted molar refractivity (Wildman–Crippen MR) is 62.6 cm³/mol. The topological polar surface area (TPSA) is 43.6 Å². The normalized spacial score (nSPS) is 11.8. The van der Waals surface area contributed by atoms with Gasteiger partial charge in [0.2, 0.25) is 0 Å². The van der Waals surface area contributed by atoms with Crippen molar-refractivity contribution in [2.45, 2.75) is 33.1 Å². The second kappa shape index (κ2) is 3.70. The van der Waals surface area contributed by atoms with Gasteiger partial charge in [-0.1, -0.05) is 20.8 Å². The number of hydrogen-bond donors (Lipinski definition) is 0. The highest BCUT2D eigenvalue weighted by molar-refractivity contribution is 5.28. The van der Waals surface area contributed by atoms with Gasteiger partial charge in [0.1, 0.15) is 18.0 Å². The summed E-state index contributed by atoms with van der Waals surface area (Å²) in [5, 5.41) is 0. The molecule has 0 atom stereocenters. The number of nitrogens with zero attached hydrogens (tertiary/aromatic N) is 4. The van der Waals surface area contributed by atoms with Gasteiger partial charge in [0.25, 0.3) is 0 Å². The van der Waals surface area contributed by atoms with Crippen molar-refractivity contribution in [3.8, 4) is 5.82 Å². The number of imidazole rings is 1. The Morgan fingerprint density at radius 1 is 1.12 bits per heavy atom. The van der Waals surface area contributed by atoms with Crippen molar-refractivity contribution in [1.82, 2.24) is 19.5 Å². The molecule has 0 aliphatic rings. The van der Waals surface area contributed by atoms with Crippen LogP contribution < -0.4 is 0 Å². The lowest BCUT2D eigenvalue weighted by molar-refractivity contribution is 0.565. The van der Waals surface area contributed by atoms with Gasteiger partial charge in [-0.25, -0.2) is 15.0 Å². The quantitative estimate of drug-likeness (QED) is 0.734. The third kappa shape index (κ3) is 1.96. The molecule has 0 saturated carbocycles. The van der Waals surface area contributed by atoms with Crippen molar-refractivity contribution in [3.63, 3.8) is 0 Å². The first kappa shape index (κ1) is 10.8. The summed E-state index contributed by atoms with van der Waals surface area (Å²) >= 11 is 0. The van der Waals surface area contributed by atoms with Gasteiger partial charge in [0.15, 0.2) is 0 Å². The Morgan fingerprint density at radius 3 is 2.44 bits per heavy atom. The number of aromatic nitrogens is 4. The van der Waals surface area contributed by atoms with Crippen molar-refractivity contribution < 1.29 is 0 Å². The predicted octanol–water partition coefficient (Wildman–Crippen LogP) is 2.27. The summed E-state index contributed by atoms with van der Waals surface area (Å²) in [5.74, 6) is 1.80. The van der Waals surface area contributed by atoms with E-state index in [4.69, 9.17) is 0 Å². The molecule has 0 unspecified atom stereocenters. The fourth-order valence-electron chi connectivity index (χ4n) is 1.51. The fraction of sp³-hybridized carbons (Fsp3) is 0.417. The van der Waals surface area contributed by atoms with Gasteiger partial charge in [-0.3, -0.25) is 4.57 Å². The molecule has 0 aromatic carbocycles. The van der Waals surface area contributed by atoms with Crippen LogP contribution in [0.4, 0.5) is 0 Å². The average Bonchev–Trinajstić information content (AvgIpc) is 2.63. The van der Waals surface area contributed by atoms with Gasteiger partial charge in [-0.05, 0) is 6.92 Å². The molecule has 2 aromatic rings. The summed E-state index contributed by atoms with van der Waals surface area (Å²) in [6.45, 7) is 8.37. The van der Waals surface area contributed by atoms with E-state index < -0.39 is 0 Å². The molecule has 4 nitrogen and oxygen atoms in total. The molecule has 0 bridgehead atoms. The lowest BCUT2D eigenvalue weighted by Gasteiger charge is -2.18. The highest BCUT2D eigenvalue weighted by atomic mass is 15.1. The van der Waals surface area contributed by atoms with Crippen LogP contribution >= 0.6 is 0 Å². The second-order valence-electron chi connectivity index (χ2n) is 4.86. The van der Waals surface area contributed by atoms with Gasteiger partial charge in [-0.2, -0.15) is 0 Å². The van der Waals surface area contributed by atoms with Gasteiger partial charge in [0, 0.05) is 23.9 Å². The van der Waals surface area contributed by atoms with E-state index in [9.17, 15) is 0 Å². The van der Waals surface area contributed by atoms with E-state index in [-0.39, 0.29) is 5.41 Å². The molecule has 4 heteroatoms. The van der Waals surface area contributed by atoms with Crippen molar-refractivity contribution in [2.24, 2.45) is 0 Å². The molecule has 2 aromatic heterocycles. The summed E-state index contributed by atoms with van der Waals surface area (Å²) in [5.41, 5.74) is 1.07. The molecule has 2 heterocycles. The summed E-state index contributed by atoms with van der Waals surface area (Å²) < 4.78 is 1.96. The van der Waals surface area contributed by atoms with Crippen LogP contribution in [-0.2, 0) is 5.41 Å². The fourth-order valence-corrected chi connectivity index (χ4v) is 1.51. The lowest BCUT2D eigenvalue weighted by Crippen LogP contribution is -2.14. The first-order valence-corrected chi connectivity index (χ1v) is 5.31. The number of hydrogen-bond acceptors (Lipinski definition) is 3. The molecule has 0 spiro atoms. The van der Waals surface area contributed by atoms with Gasteiger partial charge < -0.3 is 0 Å². The SMILES string of the molecule is Cc1nccn1-c1cc(C(C)(C)C)ncn1. The summed E-state index contributed by atoms with van der Waals surface area (Å²) in [4.78, 5) is 12.8. The zero-order valence-electron chi connectivity index (χ0n) is 10.1. The third-order valence-corrected chi connectivity index (χ3v) is 2.49. The number of aryl methyl sites for hydroxylation is 1. The molecule has 0 fully saturated rings. The Labute approximate surface area is 95.4 Å². The minimum Gasteiger partial charge on any atom is -0.288 e. The maximum Gasteiger partial charge on any atom is 0.141 e. The van der Waals surface area contributed by atoms with E-state index in [0.717, 1.165) is 17.3 Å². The molecule has 0 aliphatic carbocycles. The highest BCUT2D eigenvalue weighted by Crippen LogP contribution is 2.21. The monoisotopic (exact) mass is 216 g/mol. The molecular weight excluding hydrogens is 200 g/mol. The second-order valence-corrected chi connectivity index (χ2v) is 4.86. The van der Waals surface area contributed by atoms with Crippen LogP contribution in [0.3, 0.4) is 0 Å². The molecule has 0 aliphatic heterocycles. The van der Waals surface area contributed by atoms with Crippen LogP contribution in [-0.4, -0.2) is 19.5 Å². The molecule has 0 N–H and O–H groups in total. The van der Waals surface area contributed by atoms with Crippen LogP contribution in [0.5, 0.6) is 0 Å². The lowest BCUT2D eigenvalue weighted by atomic mass is 9.92. The average molecular weight is 216 g/mol. The van der Waals surface area contributed by atoms with Crippen LogP contribution in [0.25, 0.3) is 5.82 Å². The molecule has 2 rings (SSSR count). The Kier molecular flexibility index (Phi) is 2.50. The molecule has 0 amide bonds. The highest BCUT2D eigenvalue weighted by Gasteiger charge is 2.16. The zero-order chi connectivity index (χ0) is 11.8. The molecule has 84 valence electrons. The first-order chi connectivity index (χ1) is 7.48. The van der Waals surface area contributed by atoms with Crippen molar-refractivity contribution >= 4 is 0 Å². The van der Waals surface area contributed by atoms with Crippen LogP contribution in [0.15, 0.2) is 24.8 Å². The van der Waals surface area contributed by atoms with Crippen LogP contribution in [0.2, 0.25) is 0 Å². The summed E-state index contributed by atoms with van der Waals surface area (Å²) in [6.07, 6.45) is 5.29. The van der Waals surface area contributed by atoms with E-state index in [1.807, 2.05) is 23.8 Å². The molecule has 16 heavy (non-hydrogen) atoms. The minimum atomic E-state index is 0.0339. The maximum absolute atomic E-state index is 4.31. The molecule has 0 saturated heterocycles. The standard InChI is InChI=1S/C12H16N4/c1-9-13-5-6-16(9)11-7-10(12(2,3)4)14-8-15-11/h5-8H,1-4H3. The van der Waals surface area contributed by atoms with Crippen molar-refractivity contribution in [1.29, 1.82) is 0 Å². The molecular formula is C12H16N4. The van der Waals surface area contributed by atoms with Crippen molar-refractivity contribution in [2.75, 3.05) is 0 Å². The first-order valence-electron chi connectivity index (χ1n) is 5.31. The Morgan fingerprint density at radius 2 is 1.88 bits per heavy atom.